The molecule has 1 saturated heterocycles. The summed E-state index contributed by atoms with van der Waals surface area (Å²) in [5.41, 5.74) is 1.08. The van der Waals surface area contributed by atoms with Crippen LogP contribution in [0.4, 0.5) is 10.5 Å². The number of hydrogen-bond acceptors (Lipinski definition) is 4. The van der Waals surface area contributed by atoms with Crippen LogP contribution in [-0.2, 0) is 9.47 Å². The number of rotatable bonds is 5. The predicted molar refractivity (Wildman–Crippen MR) is 83.0 cm³/mol. The molecule has 0 spiro atoms. The van der Waals surface area contributed by atoms with E-state index < -0.39 is 5.97 Å². The molecule has 0 saturated carbocycles. The van der Waals surface area contributed by atoms with Crippen molar-refractivity contribution in [1.82, 2.24) is 5.32 Å². The molecule has 0 aliphatic carbocycles. The van der Waals surface area contributed by atoms with Crippen molar-refractivity contribution in [2.24, 2.45) is 5.92 Å². The zero-order valence-corrected chi connectivity index (χ0v) is 12.8. The Morgan fingerprint density at radius 1 is 1.32 bits per heavy atom. The van der Waals surface area contributed by atoms with E-state index in [-0.39, 0.29) is 6.03 Å². The van der Waals surface area contributed by atoms with Crippen molar-refractivity contribution in [3.63, 3.8) is 0 Å². The van der Waals surface area contributed by atoms with Crippen LogP contribution in [0.15, 0.2) is 24.3 Å². The number of methoxy groups -OCH3 is 1. The van der Waals surface area contributed by atoms with E-state index in [1.54, 1.807) is 24.3 Å². The van der Waals surface area contributed by atoms with Gasteiger partial charge in [0.2, 0.25) is 0 Å². The Morgan fingerprint density at radius 3 is 2.73 bits per heavy atom. The molecule has 120 valence electrons. The van der Waals surface area contributed by atoms with Crippen molar-refractivity contribution in [3.05, 3.63) is 29.8 Å². The molecule has 1 heterocycles. The van der Waals surface area contributed by atoms with Gasteiger partial charge in [0.15, 0.2) is 0 Å². The lowest BCUT2D eigenvalue weighted by Gasteiger charge is -2.21. The number of ether oxygens (including phenoxy) is 2. The lowest BCUT2D eigenvalue weighted by Crippen LogP contribution is -2.31. The summed E-state index contributed by atoms with van der Waals surface area (Å²) in [6.45, 7) is 2.27. The molecule has 1 aliphatic heterocycles. The summed E-state index contributed by atoms with van der Waals surface area (Å²) in [6.07, 6.45) is 3.19. The minimum absolute atomic E-state index is 0.248. The second-order valence-corrected chi connectivity index (χ2v) is 5.32. The fourth-order valence-electron chi connectivity index (χ4n) is 2.41. The third-order valence-electron chi connectivity index (χ3n) is 3.66. The van der Waals surface area contributed by atoms with Crippen LogP contribution in [0.2, 0.25) is 0 Å². The van der Waals surface area contributed by atoms with Crippen LogP contribution in [0.5, 0.6) is 0 Å². The first-order valence-corrected chi connectivity index (χ1v) is 7.50. The van der Waals surface area contributed by atoms with E-state index in [1.807, 2.05) is 0 Å². The molecule has 1 unspecified atom stereocenters. The number of benzene rings is 1. The molecule has 2 amide bonds. The summed E-state index contributed by atoms with van der Waals surface area (Å²) in [5, 5.41) is 5.56. The molecule has 6 heteroatoms. The standard InChI is InChI=1S/C16H22N2O4/c1-21-15(19)13-4-6-14(7-5-13)18-16(20)17-9-8-12-3-2-10-22-11-12/h4-7,12H,2-3,8-11H2,1H3,(H2,17,18,20). The van der Waals surface area contributed by atoms with E-state index in [1.165, 1.54) is 7.11 Å². The van der Waals surface area contributed by atoms with Gasteiger partial charge in [0, 0.05) is 25.4 Å². The zero-order valence-electron chi connectivity index (χ0n) is 12.8. The average Bonchev–Trinajstić information content (AvgIpc) is 2.56. The number of nitrogens with one attached hydrogen (secondary N) is 2. The van der Waals surface area contributed by atoms with Crippen molar-refractivity contribution in [1.29, 1.82) is 0 Å². The lowest BCUT2D eigenvalue weighted by molar-refractivity contribution is 0.0520. The quantitative estimate of drug-likeness (QED) is 0.819. The molecule has 1 fully saturated rings. The molecule has 1 atom stereocenters. The van der Waals surface area contributed by atoms with Crippen LogP contribution in [0.25, 0.3) is 0 Å². The van der Waals surface area contributed by atoms with E-state index in [0.717, 1.165) is 32.5 Å². The normalized spacial score (nSPS) is 17.6. The van der Waals surface area contributed by atoms with Crippen molar-refractivity contribution in [2.75, 3.05) is 32.2 Å². The third kappa shape index (κ3) is 5.04. The van der Waals surface area contributed by atoms with Crippen LogP contribution in [0, 0.1) is 5.92 Å². The highest BCUT2D eigenvalue weighted by atomic mass is 16.5. The molecule has 1 aromatic carbocycles. The van der Waals surface area contributed by atoms with Gasteiger partial charge in [-0.3, -0.25) is 0 Å². The zero-order chi connectivity index (χ0) is 15.8. The first kappa shape index (κ1) is 16.3. The van der Waals surface area contributed by atoms with Gasteiger partial charge in [0.1, 0.15) is 0 Å². The maximum atomic E-state index is 11.8. The highest BCUT2D eigenvalue weighted by Gasteiger charge is 2.13. The second kappa shape index (κ2) is 8.38. The van der Waals surface area contributed by atoms with Crippen LogP contribution < -0.4 is 10.6 Å². The Morgan fingerprint density at radius 2 is 2.09 bits per heavy atom. The first-order chi connectivity index (χ1) is 10.7. The SMILES string of the molecule is COC(=O)c1ccc(NC(=O)NCCC2CCCOC2)cc1. The molecule has 6 nitrogen and oxygen atoms in total. The highest BCUT2D eigenvalue weighted by Crippen LogP contribution is 2.16. The molecule has 0 radical (unpaired) electrons. The summed E-state index contributed by atoms with van der Waals surface area (Å²) in [4.78, 5) is 23.1. The first-order valence-electron chi connectivity index (χ1n) is 7.50. The van der Waals surface area contributed by atoms with Gasteiger partial charge < -0.3 is 20.1 Å². The topological polar surface area (TPSA) is 76.7 Å². The Kier molecular flexibility index (Phi) is 6.21. The van der Waals surface area contributed by atoms with Gasteiger partial charge in [-0.15, -0.1) is 0 Å². The van der Waals surface area contributed by atoms with Gasteiger partial charge in [-0.1, -0.05) is 0 Å². The van der Waals surface area contributed by atoms with Crippen LogP contribution in [0.1, 0.15) is 29.6 Å². The molecular formula is C16H22N2O4. The Bertz CT molecular complexity index is 495. The smallest absolute Gasteiger partial charge is 0.337 e. The monoisotopic (exact) mass is 306 g/mol. The van der Waals surface area contributed by atoms with Gasteiger partial charge in [-0.2, -0.15) is 0 Å². The van der Waals surface area contributed by atoms with Crippen molar-refractivity contribution >= 4 is 17.7 Å². The van der Waals surface area contributed by atoms with E-state index in [2.05, 4.69) is 15.4 Å². The second-order valence-electron chi connectivity index (χ2n) is 5.32. The van der Waals surface area contributed by atoms with Crippen LogP contribution >= 0.6 is 0 Å². The molecule has 22 heavy (non-hydrogen) atoms. The van der Waals surface area contributed by atoms with E-state index in [0.29, 0.717) is 23.7 Å². The Balaban J connectivity index is 1.71. The third-order valence-corrected chi connectivity index (χ3v) is 3.66. The van der Waals surface area contributed by atoms with Crippen molar-refractivity contribution < 1.29 is 19.1 Å². The predicted octanol–water partition coefficient (Wildman–Crippen LogP) is 2.41. The molecular weight excluding hydrogens is 284 g/mol. The molecule has 2 rings (SSSR count). The Labute approximate surface area is 130 Å². The number of esters is 1. The summed E-state index contributed by atoms with van der Waals surface area (Å²) in [5.74, 6) is 0.138. The van der Waals surface area contributed by atoms with Gasteiger partial charge >= 0.3 is 12.0 Å². The number of carbonyl (C=O) groups is 2. The lowest BCUT2D eigenvalue weighted by atomic mass is 9.99. The number of amides is 2. The largest absolute Gasteiger partial charge is 0.465 e. The van der Waals surface area contributed by atoms with E-state index in [4.69, 9.17) is 4.74 Å². The summed E-state index contributed by atoms with van der Waals surface area (Å²) >= 11 is 0. The van der Waals surface area contributed by atoms with Crippen LogP contribution in [-0.4, -0.2) is 38.9 Å². The van der Waals surface area contributed by atoms with Crippen molar-refractivity contribution in [2.45, 2.75) is 19.3 Å². The summed E-state index contributed by atoms with van der Waals surface area (Å²) < 4.78 is 10.0. The van der Waals surface area contributed by atoms with Crippen molar-refractivity contribution in [3.8, 4) is 0 Å². The molecule has 2 N–H and O–H groups in total. The number of anilines is 1. The number of hydrogen-bond donors (Lipinski definition) is 2. The van der Waals surface area contributed by atoms with Gasteiger partial charge in [-0.25, -0.2) is 9.59 Å². The van der Waals surface area contributed by atoms with Gasteiger partial charge in [0.25, 0.3) is 0 Å². The van der Waals surface area contributed by atoms with Crippen LogP contribution in [0.3, 0.4) is 0 Å². The Hall–Kier alpha value is -2.08. The van der Waals surface area contributed by atoms with Gasteiger partial charge in [0.05, 0.1) is 12.7 Å². The highest BCUT2D eigenvalue weighted by molar-refractivity contribution is 5.92. The minimum Gasteiger partial charge on any atom is -0.465 e. The molecule has 0 bridgehead atoms. The molecule has 1 aromatic rings. The maximum absolute atomic E-state index is 11.8. The fraction of sp³-hybridized carbons (Fsp3) is 0.500. The van der Waals surface area contributed by atoms with Gasteiger partial charge in [-0.05, 0) is 49.4 Å². The van der Waals surface area contributed by atoms with E-state index >= 15 is 0 Å². The fourth-order valence-corrected chi connectivity index (χ4v) is 2.41. The molecule has 0 aromatic heterocycles. The summed E-state index contributed by atoms with van der Waals surface area (Å²) in [7, 11) is 1.33. The number of urea groups is 1. The average molecular weight is 306 g/mol. The number of carbonyl (C=O) groups excluding carboxylic acids is 2. The summed E-state index contributed by atoms with van der Waals surface area (Å²) in [6, 6.07) is 6.31. The maximum Gasteiger partial charge on any atom is 0.337 e. The van der Waals surface area contributed by atoms with E-state index in [9.17, 15) is 9.59 Å². The molecule has 1 aliphatic rings. The minimum atomic E-state index is -0.397.